The minimum Gasteiger partial charge on any atom is -0.324 e. The average Bonchev–Trinajstić information content (AvgIpc) is 3.03. The van der Waals surface area contributed by atoms with Crippen LogP contribution in [0.4, 0.5) is 23.2 Å². The number of tetrazole rings is 1. The molecule has 10 heteroatoms. The molecule has 1 amide bonds. The summed E-state index contributed by atoms with van der Waals surface area (Å²) in [6.45, 7) is -0.343. The van der Waals surface area contributed by atoms with Gasteiger partial charge in [0, 0.05) is 11.3 Å². The molecule has 6 nitrogen and oxygen atoms in total. The molecule has 1 heterocycles. The van der Waals surface area contributed by atoms with Crippen molar-refractivity contribution in [3.63, 3.8) is 0 Å². The highest BCUT2D eigenvalue weighted by Gasteiger charge is 2.30. The van der Waals surface area contributed by atoms with Crippen LogP contribution in [0.5, 0.6) is 0 Å². The van der Waals surface area contributed by atoms with E-state index in [4.69, 9.17) is 0 Å². The molecule has 0 aliphatic carbocycles. The summed E-state index contributed by atoms with van der Waals surface area (Å²) < 4.78 is 50.9. The number of carbonyl (C=O) groups is 1. The number of anilines is 1. The number of nitrogens with one attached hydrogen (secondary N) is 1. The van der Waals surface area contributed by atoms with Gasteiger partial charge in [-0.1, -0.05) is 6.07 Å². The Morgan fingerprint density at radius 1 is 1.12 bits per heavy atom. The first-order valence-corrected chi connectivity index (χ1v) is 7.32. The Balaban J connectivity index is 1.67. The zero-order valence-corrected chi connectivity index (χ0v) is 13.0. The summed E-state index contributed by atoms with van der Waals surface area (Å²) in [5.41, 5.74) is -0.354. The van der Waals surface area contributed by atoms with Crippen LogP contribution in [0.1, 0.15) is 5.56 Å². The summed E-state index contributed by atoms with van der Waals surface area (Å²) in [6.07, 6.45) is -4.50. The normalized spacial score (nSPS) is 11.4. The molecule has 0 atom stereocenters. The quantitative estimate of drug-likeness (QED) is 0.721. The number of nitrogens with zero attached hydrogens (tertiary/aromatic N) is 4. The molecule has 1 aromatic heterocycles. The maximum Gasteiger partial charge on any atom is 0.416 e. The monoisotopic (exact) mass is 365 g/mol. The third-order valence-electron chi connectivity index (χ3n) is 3.31. The summed E-state index contributed by atoms with van der Waals surface area (Å²) in [5.74, 6) is -0.842. The van der Waals surface area contributed by atoms with Crippen LogP contribution in [-0.2, 0) is 17.5 Å². The Bertz CT molecular complexity index is 921. The molecule has 2 aromatic carbocycles. The van der Waals surface area contributed by atoms with Crippen LogP contribution in [0.2, 0.25) is 0 Å². The van der Waals surface area contributed by atoms with Gasteiger partial charge in [0.15, 0.2) is 0 Å². The molecule has 134 valence electrons. The standard InChI is InChI=1S/C16H11F4N5O/c17-12-6-4-10(5-7-12)15-22-24-25(23-15)9-14(26)21-13-3-1-2-11(8-13)16(18,19)20/h1-8H,9H2,(H,21,26). The smallest absolute Gasteiger partial charge is 0.324 e. The van der Waals surface area contributed by atoms with Crippen molar-refractivity contribution >= 4 is 11.6 Å². The zero-order valence-electron chi connectivity index (χ0n) is 13.0. The largest absolute Gasteiger partial charge is 0.416 e. The first-order chi connectivity index (χ1) is 12.3. The molecule has 0 aliphatic heterocycles. The number of hydrogen-bond acceptors (Lipinski definition) is 4. The molecular weight excluding hydrogens is 354 g/mol. The second-order valence-corrected chi connectivity index (χ2v) is 5.28. The Hall–Kier alpha value is -3.30. The summed E-state index contributed by atoms with van der Waals surface area (Å²) in [7, 11) is 0. The zero-order chi connectivity index (χ0) is 18.7. The Morgan fingerprint density at radius 2 is 1.85 bits per heavy atom. The Morgan fingerprint density at radius 3 is 2.54 bits per heavy atom. The van der Waals surface area contributed by atoms with Crippen LogP contribution >= 0.6 is 0 Å². The SMILES string of the molecule is O=C(Cn1nnc(-c2ccc(F)cc2)n1)Nc1cccc(C(F)(F)F)c1. The number of hydrogen-bond donors (Lipinski definition) is 1. The molecule has 0 saturated heterocycles. The van der Waals surface area contributed by atoms with E-state index in [-0.39, 0.29) is 18.1 Å². The van der Waals surface area contributed by atoms with Gasteiger partial charge in [0.25, 0.3) is 0 Å². The number of carbonyl (C=O) groups excluding carboxylic acids is 1. The van der Waals surface area contributed by atoms with Crippen molar-refractivity contribution in [3.8, 4) is 11.4 Å². The highest BCUT2D eigenvalue weighted by molar-refractivity contribution is 5.90. The lowest BCUT2D eigenvalue weighted by Gasteiger charge is -2.09. The first-order valence-electron chi connectivity index (χ1n) is 7.32. The minimum atomic E-state index is -4.50. The van der Waals surface area contributed by atoms with Crippen molar-refractivity contribution in [3.05, 3.63) is 59.9 Å². The van der Waals surface area contributed by atoms with Crippen molar-refractivity contribution in [2.45, 2.75) is 12.7 Å². The van der Waals surface area contributed by atoms with Crippen LogP contribution in [0.25, 0.3) is 11.4 Å². The Labute approximate surface area is 144 Å². The van der Waals surface area contributed by atoms with E-state index < -0.39 is 23.5 Å². The maximum atomic E-state index is 12.9. The van der Waals surface area contributed by atoms with Crippen molar-refractivity contribution in [1.29, 1.82) is 0 Å². The molecule has 3 aromatic rings. The van der Waals surface area contributed by atoms with Crippen LogP contribution in [-0.4, -0.2) is 26.1 Å². The summed E-state index contributed by atoms with van der Waals surface area (Å²) in [4.78, 5) is 13.0. The van der Waals surface area contributed by atoms with Crippen molar-refractivity contribution in [2.75, 3.05) is 5.32 Å². The molecule has 0 saturated carbocycles. The third kappa shape index (κ3) is 4.21. The molecule has 0 unspecified atom stereocenters. The fraction of sp³-hybridized carbons (Fsp3) is 0.125. The van der Waals surface area contributed by atoms with E-state index in [2.05, 4.69) is 20.7 Å². The van der Waals surface area contributed by atoms with Crippen LogP contribution in [0, 0.1) is 5.82 Å². The van der Waals surface area contributed by atoms with E-state index in [1.165, 1.54) is 36.4 Å². The highest BCUT2D eigenvalue weighted by atomic mass is 19.4. The van der Waals surface area contributed by atoms with Crippen molar-refractivity contribution in [1.82, 2.24) is 20.2 Å². The van der Waals surface area contributed by atoms with Crippen molar-refractivity contribution < 1.29 is 22.4 Å². The van der Waals surface area contributed by atoms with E-state index in [1.807, 2.05) is 0 Å². The van der Waals surface area contributed by atoms with Gasteiger partial charge in [-0.3, -0.25) is 4.79 Å². The van der Waals surface area contributed by atoms with Gasteiger partial charge in [-0.05, 0) is 47.7 Å². The lowest BCUT2D eigenvalue weighted by atomic mass is 10.2. The van der Waals surface area contributed by atoms with Gasteiger partial charge in [-0.15, -0.1) is 10.2 Å². The summed E-state index contributed by atoms with van der Waals surface area (Å²) >= 11 is 0. The second kappa shape index (κ2) is 6.90. The molecule has 26 heavy (non-hydrogen) atoms. The molecule has 0 spiro atoms. The molecule has 0 aliphatic rings. The number of amides is 1. The molecule has 3 rings (SSSR count). The number of alkyl halides is 3. The topological polar surface area (TPSA) is 72.7 Å². The molecular formula is C16H11F4N5O. The number of rotatable bonds is 4. The molecule has 0 radical (unpaired) electrons. The van der Waals surface area contributed by atoms with Gasteiger partial charge in [0.05, 0.1) is 5.56 Å². The van der Waals surface area contributed by atoms with E-state index in [0.717, 1.165) is 16.9 Å². The predicted molar refractivity (Wildman–Crippen MR) is 83.3 cm³/mol. The summed E-state index contributed by atoms with van der Waals surface area (Å²) in [6, 6.07) is 9.65. The minimum absolute atomic E-state index is 0.00342. The van der Waals surface area contributed by atoms with Crippen LogP contribution in [0.3, 0.4) is 0 Å². The number of aromatic nitrogens is 4. The fourth-order valence-corrected chi connectivity index (χ4v) is 2.13. The summed E-state index contributed by atoms with van der Waals surface area (Å²) in [5, 5.41) is 13.8. The van der Waals surface area contributed by atoms with Gasteiger partial charge in [-0.2, -0.15) is 18.0 Å². The van der Waals surface area contributed by atoms with Crippen LogP contribution in [0.15, 0.2) is 48.5 Å². The molecule has 1 N–H and O–H groups in total. The Kier molecular flexibility index (Phi) is 4.65. The average molecular weight is 365 g/mol. The van der Waals surface area contributed by atoms with Gasteiger partial charge >= 0.3 is 6.18 Å². The lowest BCUT2D eigenvalue weighted by molar-refractivity contribution is -0.137. The van der Waals surface area contributed by atoms with E-state index in [0.29, 0.717) is 5.56 Å². The second-order valence-electron chi connectivity index (χ2n) is 5.28. The molecule has 0 bridgehead atoms. The van der Waals surface area contributed by atoms with Crippen molar-refractivity contribution in [2.24, 2.45) is 0 Å². The number of halogens is 4. The van der Waals surface area contributed by atoms with Gasteiger partial charge in [0.2, 0.25) is 11.7 Å². The highest BCUT2D eigenvalue weighted by Crippen LogP contribution is 2.30. The van der Waals surface area contributed by atoms with Gasteiger partial charge in [-0.25, -0.2) is 4.39 Å². The van der Waals surface area contributed by atoms with E-state index in [9.17, 15) is 22.4 Å². The third-order valence-corrected chi connectivity index (χ3v) is 3.31. The van der Waals surface area contributed by atoms with Gasteiger partial charge in [0.1, 0.15) is 12.4 Å². The lowest BCUT2D eigenvalue weighted by Crippen LogP contribution is -2.20. The van der Waals surface area contributed by atoms with Crippen LogP contribution < -0.4 is 5.32 Å². The van der Waals surface area contributed by atoms with E-state index in [1.54, 1.807) is 0 Å². The van der Waals surface area contributed by atoms with Gasteiger partial charge < -0.3 is 5.32 Å². The predicted octanol–water partition coefficient (Wildman–Crippen LogP) is 3.14. The maximum absolute atomic E-state index is 12.9. The van der Waals surface area contributed by atoms with E-state index >= 15 is 0 Å². The fourth-order valence-electron chi connectivity index (χ4n) is 2.13. The number of benzene rings is 2. The molecule has 0 fully saturated rings. The first kappa shape index (κ1) is 17.5.